The maximum absolute atomic E-state index is 11.9. The van der Waals surface area contributed by atoms with Crippen molar-refractivity contribution >= 4 is 23.3 Å². The molecule has 0 unspecified atom stereocenters. The number of rotatable bonds is 6. The van der Waals surface area contributed by atoms with Gasteiger partial charge in [0.1, 0.15) is 0 Å². The zero-order valence-corrected chi connectivity index (χ0v) is 21.6. The van der Waals surface area contributed by atoms with Gasteiger partial charge in [0, 0.05) is 12.1 Å². The maximum Gasteiger partial charge on any atom is 0.335 e. The van der Waals surface area contributed by atoms with Gasteiger partial charge in [0.15, 0.2) is 0 Å². The van der Waals surface area contributed by atoms with Crippen molar-refractivity contribution in [3.63, 3.8) is 0 Å². The molecule has 0 aromatic heterocycles. The Balaban J connectivity index is 1.68. The van der Waals surface area contributed by atoms with Crippen molar-refractivity contribution in [3.8, 4) is 0 Å². The summed E-state index contributed by atoms with van der Waals surface area (Å²) >= 11 is 0. The van der Waals surface area contributed by atoms with Crippen molar-refractivity contribution in [1.29, 1.82) is 0 Å². The molecule has 1 N–H and O–H groups in total. The van der Waals surface area contributed by atoms with Crippen molar-refractivity contribution in [2.24, 2.45) is 0 Å². The number of non-ortho nitro benzene ring substituents is 1. The molecule has 0 saturated carbocycles. The van der Waals surface area contributed by atoms with Crippen molar-refractivity contribution in [3.05, 3.63) is 110 Å². The Morgan fingerprint density at radius 2 is 1.58 bits per heavy atom. The molecule has 0 atom stereocenters. The molecule has 4 rings (SSSR count). The zero-order valence-electron chi connectivity index (χ0n) is 21.6. The first-order valence-corrected chi connectivity index (χ1v) is 12.3. The van der Waals surface area contributed by atoms with E-state index in [-0.39, 0.29) is 22.1 Å². The van der Waals surface area contributed by atoms with Gasteiger partial charge in [-0.2, -0.15) is 0 Å². The van der Waals surface area contributed by atoms with Gasteiger partial charge in [-0.25, -0.2) is 4.79 Å². The van der Waals surface area contributed by atoms with Gasteiger partial charge in [0.05, 0.1) is 10.5 Å². The van der Waals surface area contributed by atoms with Crippen LogP contribution in [-0.4, -0.2) is 16.0 Å². The molecular formula is C31H33NO4. The molecule has 3 aromatic carbocycles. The highest BCUT2D eigenvalue weighted by molar-refractivity contribution is 5.90. The number of nitrogens with zero attached hydrogens (tertiary/aromatic N) is 1. The SMILES string of the molecule is CC(=Cc1ccc(C(=O)O)c(Cc2ccc([N+](=O)[O-])cc2)c1)c1ccc2c(c1)C(C)(C)CCC2(C)C. The maximum atomic E-state index is 11.9. The Morgan fingerprint density at radius 3 is 2.19 bits per heavy atom. The Labute approximate surface area is 212 Å². The third-order valence-electron chi connectivity index (χ3n) is 7.59. The molecule has 0 amide bonds. The van der Waals surface area contributed by atoms with Crippen LogP contribution in [0.4, 0.5) is 5.69 Å². The number of hydrogen-bond donors (Lipinski definition) is 1. The van der Waals surface area contributed by atoms with Gasteiger partial charge in [-0.15, -0.1) is 0 Å². The summed E-state index contributed by atoms with van der Waals surface area (Å²) in [6.45, 7) is 11.4. The van der Waals surface area contributed by atoms with Crippen molar-refractivity contribution in [2.45, 2.75) is 64.7 Å². The van der Waals surface area contributed by atoms with E-state index in [2.05, 4.69) is 58.9 Å². The highest BCUT2D eigenvalue weighted by Crippen LogP contribution is 2.46. The third kappa shape index (κ3) is 5.11. The number of nitro benzene ring substituents is 1. The van der Waals surface area contributed by atoms with E-state index >= 15 is 0 Å². The minimum Gasteiger partial charge on any atom is -0.478 e. The molecule has 0 spiro atoms. The van der Waals surface area contributed by atoms with E-state index in [1.165, 1.54) is 35.2 Å². The van der Waals surface area contributed by atoms with Crippen LogP contribution in [0.15, 0.2) is 60.7 Å². The lowest BCUT2D eigenvalue weighted by Gasteiger charge is -2.42. The van der Waals surface area contributed by atoms with Crippen LogP contribution in [0.3, 0.4) is 0 Å². The van der Waals surface area contributed by atoms with Crippen LogP contribution in [-0.2, 0) is 17.3 Å². The first-order chi connectivity index (χ1) is 16.9. The second kappa shape index (κ2) is 9.38. The van der Waals surface area contributed by atoms with Gasteiger partial charge >= 0.3 is 5.97 Å². The van der Waals surface area contributed by atoms with Crippen molar-refractivity contribution < 1.29 is 14.8 Å². The van der Waals surface area contributed by atoms with Crippen LogP contribution < -0.4 is 0 Å². The summed E-state index contributed by atoms with van der Waals surface area (Å²) in [6, 6.07) is 18.4. The molecule has 1 aliphatic carbocycles. The van der Waals surface area contributed by atoms with E-state index in [9.17, 15) is 20.0 Å². The van der Waals surface area contributed by atoms with Gasteiger partial charge in [0.2, 0.25) is 0 Å². The van der Waals surface area contributed by atoms with E-state index in [0.29, 0.717) is 12.0 Å². The summed E-state index contributed by atoms with van der Waals surface area (Å²) < 4.78 is 0. The number of carboxylic acids is 1. The molecule has 0 fully saturated rings. The van der Waals surface area contributed by atoms with E-state index in [0.717, 1.165) is 23.1 Å². The standard InChI is InChI=1S/C31H33NO4/c1-20(23-9-13-27-28(19-23)31(4,5)15-14-30(27,2)3)16-22-8-12-26(29(33)34)24(18-22)17-21-6-10-25(11-7-21)32(35)36/h6-13,16,18-19H,14-15,17H2,1-5H3,(H,33,34). The lowest BCUT2D eigenvalue weighted by atomic mass is 9.63. The summed E-state index contributed by atoms with van der Waals surface area (Å²) in [5, 5.41) is 20.7. The molecule has 0 bridgehead atoms. The summed E-state index contributed by atoms with van der Waals surface area (Å²) in [5.74, 6) is -0.987. The number of fused-ring (bicyclic) bond motifs is 1. The molecule has 0 aliphatic heterocycles. The molecule has 0 radical (unpaired) electrons. The number of aromatic carboxylic acids is 1. The largest absolute Gasteiger partial charge is 0.478 e. The molecule has 5 nitrogen and oxygen atoms in total. The van der Waals surface area contributed by atoms with Crippen LogP contribution in [0.1, 0.15) is 91.2 Å². The quantitative estimate of drug-likeness (QED) is 0.220. The third-order valence-corrected chi connectivity index (χ3v) is 7.59. The minimum atomic E-state index is -0.987. The number of hydrogen-bond acceptors (Lipinski definition) is 3. The fourth-order valence-corrected chi connectivity index (χ4v) is 5.18. The Bertz CT molecular complexity index is 1360. The molecule has 3 aromatic rings. The van der Waals surface area contributed by atoms with Crippen LogP contribution in [0, 0.1) is 10.1 Å². The molecule has 186 valence electrons. The van der Waals surface area contributed by atoms with Gasteiger partial charge in [-0.3, -0.25) is 10.1 Å². The summed E-state index contributed by atoms with van der Waals surface area (Å²) in [4.78, 5) is 22.4. The van der Waals surface area contributed by atoms with Crippen LogP contribution in [0.2, 0.25) is 0 Å². The lowest BCUT2D eigenvalue weighted by molar-refractivity contribution is -0.384. The predicted octanol–water partition coefficient (Wildman–Crippen LogP) is 7.79. The number of allylic oxidation sites excluding steroid dienone is 1. The smallest absolute Gasteiger partial charge is 0.335 e. The second-order valence-corrected chi connectivity index (χ2v) is 11.2. The minimum absolute atomic E-state index is 0.0149. The number of carbonyl (C=O) groups is 1. The highest BCUT2D eigenvalue weighted by atomic mass is 16.6. The Kier molecular flexibility index (Phi) is 6.61. The monoisotopic (exact) mass is 483 g/mol. The average Bonchev–Trinajstić information content (AvgIpc) is 2.82. The lowest BCUT2D eigenvalue weighted by Crippen LogP contribution is -2.33. The average molecular weight is 484 g/mol. The van der Waals surface area contributed by atoms with E-state index < -0.39 is 10.9 Å². The molecular weight excluding hydrogens is 450 g/mol. The van der Waals surface area contributed by atoms with Crippen LogP contribution in [0.5, 0.6) is 0 Å². The molecule has 0 heterocycles. The number of carboxylic acid groups (broad SMARTS) is 1. The van der Waals surface area contributed by atoms with Crippen LogP contribution in [0.25, 0.3) is 11.6 Å². The first kappa shape index (κ1) is 25.4. The van der Waals surface area contributed by atoms with Gasteiger partial charge in [0.25, 0.3) is 5.69 Å². The fraction of sp³-hybridized carbons (Fsp3) is 0.323. The summed E-state index contributed by atoms with van der Waals surface area (Å²) in [6.07, 6.45) is 4.80. The number of nitro groups is 1. The van der Waals surface area contributed by atoms with Gasteiger partial charge in [-0.05, 0) is 82.0 Å². The number of benzene rings is 3. The molecule has 0 saturated heterocycles. The van der Waals surface area contributed by atoms with Crippen LogP contribution >= 0.6 is 0 Å². The van der Waals surface area contributed by atoms with Crippen molar-refractivity contribution in [1.82, 2.24) is 0 Å². The molecule has 36 heavy (non-hydrogen) atoms. The Morgan fingerprint density at radius 1 is 0.944 bits per heavy atom. The predicted molar refractivity (Wildman–Crippen MR) is 145 cm³/mol. The van der Waals surface area contributed by atoms with E-state index in [1.54, 1.807) is 18.2 Å². The fourth-order valence-electron chi connectivity index (χ4n) is 5.18. The van der Waals surface area contributed by atoms with Gasteiger partial charge < -0.3 is 5.11 Å². The Hall–Kier alpha value is -3.73. The normalized spacial score (nSPS) is 16.3. The highest BCUT2D eigenvalue weighted by Gasteiger charge is 2.36. The van der Waals surface area contributed by atoms with Gasteiger partial charge in [-0.1, -0.05) is 76.2 Å². The molecule has 5 heteroatoms. The summed E-state index contributed by atoms with van der Waals surface area (Å²) in [5.41, 5.74) is 8.07. The van der Waals surface area contributed by atoms with E-state index in [1.807, 2.05) is 12.1 Å². The zero-order chi connectivity index (χ0) is 26.3. The summed E-state index contributed by atoms with van der Waals surface area (Å²) in [7, 11) is 0. The molecule has 1 aliphatic rings. The van der Waals surface area contributed by atoms with E-state index in [4.69, 9.17) is 0 Å². The second-order valence-electron chi connectivity index (χ2n) is 11.2. The van der Waals surface area contributed by atoms with Crippen molar-refractivity contribution in [2.75, 3.05) is 0 Å². The first-order valence-electron chi connectivity index (χ1n) is 12.3. The topological polar surface area (TPSA) is 80.4 Å².